The van der Waals surface area contributed by atoms with Gasteiger partial charge in [0.25, 0.3) is 5.91 Å². The summed E-state index contributed by atoms with van der Waals surface area (Å²) in [5, 5.41) is 2.61. The van der Waals surface area contributed by atoms with E-state index in [1.54, 1.807) is 7.05 Å². The molecule has 0 unspecified atom stereocenters. The molecule has 1 aliphatic heterocycles. The molecule has 27 heavy (non-hydrogen) atoms. The molecule has 0 radical (unpaired) electrons. The number of carbonyl (C=O) groups is 2. The Morgan fingerprint density at radius 3 is 2.26 bits per heavy atom. The van der Waals surface area contributed by atoms with E-state index in [4.69, 9.17) is 0 Å². The van der Waals surface area contributed by atoms with Crippen LogP contribution in [0.1, 0.15) is 40.7 Å². The number of rotatable bonds is 6. The van der Waals surface area contributed by atoms with Gasteiger partial charge < -0.3 is 10.2 Å². The summed E-state index contributed by atoms with van der Waals surface area (Å²) in [5.41, 5.74) is 3.13. The number of hydrogen-bond donors (Lipinski definition) is 1. The van der Waals surface area contributed by atoms with Crippen LogP contribution in [0, 0.1) is 5.92 Å². The fraction of sp³-hybridized carbons (Fsp3) is 0.391. The van der Waals surface area contributed by atoms with Crippen molar-refractivity contribution < 1.29 is 9.59 Å². The third kappa shape index (κ3) is 5.43. The largest absolute Gasteiger partial charge is 0.355 e. The molecule has 2 aromatic carbocycles. The summed E-state index contributed by atoms with van der Waals surface area (Å²) in [6, 6.07) is 18.1. The molecule has 0 spiro atoms. The number of piperidine rings is 1. The number of aryl methyl sites for hydroxylation is 1. The first-order valence-electron chi connectivity index (χ1n) is 9.78. The zero-order valence-corrected chi connectivity index (χ0v) is 16.0. The van der Waals surface area contributed by atoms with Crippen molar-refractivity contribution in [1.29, 1.82) is 0 Å². The lowest BCUT2D eigenvalue weighted by atomic mass is 9.90. The van der Waals surface area contributed by atoms with Crippen LogP contribution < -0.4 is 5.32 Å². The number of nitrogens with zero attached hydrogens (tertiary/aromatic N) is 1. The first-order chi connectivity index (χ1) is 13.2. The fourth-order valence-corrected chi connectivity index (χ4v) is 3.71. The SMILES string of the molecule is CNC(=O)c1ccc(CCC(=O)N2CCC(Cc3ccccc3)CC2)cc1. The van der Waals surface area contributed by atoms with Crippen molar-refractivity contribution in [3.63, 3.8) is 0 Å². The highest BCUT2D eigenvalue weighted by molar-refractivity contribution is 5.93. The molecule has 2 amide bonds. The predicted molar refractivity (Wildman–Crippen MR) is 108 cm³/mol. The molecule has 1 N–H and O–H groups in total. The van der Waals surface area contributed by atoms with Gasteiger partial charge in [-0.3, -0.25) is 9.59 Å². The van der Waals surface area contributed by atoms with Gasteiger partial charge in [-0.1, -0.05) is 42.5 Å². The first kappa shape index (κ1) is 19.2. The molecule has 0 aromatic heterocycles. The first-order valence-corrected chi connectivity index (χ1v) is 9.78. The summed E-state index contributed by atoms with van der Waals surface area (Å²) in [6.07, 6.45) is 4.53. The number of carbonyl (C=O) groups excluding carboxylic acids is 2. The highest BCUT2D eigenvalue weighted by Gasteiger charge is 2.22. The predicted octanol–water partition coefficient (Wildman–Crippen LogP) is 3.46. The van der Waals surface area contributed by atoms with Crippen LogP contribution in [0.3, 0.4) is 0 Å². The maximum absolute atomic E-state index is 12.5. The third-order valence-corrected chi connectivity index (χ3v) is 5.41. The van der Waals surface area contributed by atoms with Gasteiger partial charge in [-0.2, -0.15) is 0 Å². The van der Waals surface area contributed by atoms with E-state index in [-0.39, 0.29) is 11.8 Å². The molecule has 0 atom stereocenters. The van der Waals surface area contributed by atoms with E-state index in [0.717, 1.165) is 44.3 Å². The molecule has 0 aliphatic carbocycles. The Hall–Kier alpha value is -2.62. The Morgan fingerprint density at radius 1 is 0.963 bits per heavy atom. The number of benzene rings is 2. The maximum Gasteiger partial charge on any atom is 0.251 e. The van der Waals surface area contributed by atoms with Crippen molar-refractivity contribution in [3.05, 3.63) is 71.3 Å². The fourth-order valence-electron chi connectivity index (χ4n) is 3.71. The monoisotopic (exact) mass is 364 g/mol. The van der Waals surface area contributed by atoms with Crippen LogP contribution in [0.5, 0.6) is 0 Å². The molecule has 4 heteroatoms. The molecule has 1 aliphatic rings. The Bertz CT molecular complexity index is 748. The Labute approximate surface area is 161 Å². The lowest BCUT2D eigenvalue weighted by molar-refractivity contribution is -0.132. The maximum atomic E-state index is 12.5. The van der Waals surface area contributed by atoms with Gasteiger partial charge in [0.05, 0.1) is 0 Å². The highest BCUT2D eigenvalue weighted by Crippen LogP contribution is 2.22. The van der Waals surface area contributed by atoms with Gasteiger partial charge in [-0.05, 0) is 54.9 Å². The molecular weight excluding hydrogens is 336 g/mol. The van der Waals surface area contributed by atoms with Crippen molar-refractivity contribution >= 4 is 11.8 Å². The topological polar surface area (TPSA) is 49.4 Å². The standard InChI is InChI=1S/C23H28N2O2/c1-24-23(27)21-10-7-18(8-11-21)9-12-22(26)25-15-13-20(14-16-25)17-19-5-3-2-4-6-19/h2-8,10-11,20H,9,12-17H2,1H3,(H,24,27). The Morgan fingerprint density at radius 2 is 1.63 bits per heavy atom. The summed E-state index contributed by atoms with van der Waals surface area (Å²) in [4.78, 5) is 26.1. The lowest BCUT2D eigenvalue weighted by Gasteiger charge is -2.32. The van der Waals surface area contributed by atoms with Crippen LogP contribution in [-0.4, -0.2) is 36.9 Å². The highest BCUT2D eigenvalue weighted by atomic mass is 16.2. The molecule has 1 saturated heterocycles. The number of likely N-dealkylation sites (tertiary alicyclic amines) is 1. The molecule has 4 nitrogen and oxygen atoms in total. The molecule has 0 saturated carbocycles. The molecule has 1 fully saturated rings. The normalized spacial score (nSPS) is 14.8. The Balaban J connectivity index is 1.42. The zero-order valence-electron chi connectivity index (χ0n) is 16.0. The number of hydrogen-bond acceptors (Lipinski definition) is 2. The second-order valence-corrected chi connectivity index (χ2v) is 7.29. The lowest BCUT2D eigenvalue weighted by Crippen LogP contribution is -2.39. The van der Waals surface area contributed by atoms with Crippen molar-refractivity contribution in [2.45, 2.75) is 32.1 Å². The number of nitrogens with one attached hydrogen (secondary N) is 1. The summed E-state index contributed by atoms with van der Waals surface area (Å²) >= 11 is 0. The number of amides is 2. The van der Waals surface area contributed by atoms with Gasteiger partial charge in [0, 0.05) is 32.1 Å². The van der Waals surface area contributed by atoms with Crippen LogP contribution in [0.25, 0.3) is 0 Å². The van der Waals surface area contributed by atoms with Gasteiger partial charge >= 0.3 is 0 Å². The molecule has 0 bridgehead atoms. The average molecular weight is 364 g/mol. The van der Waals surface area contributed by atoms with Gasteiger partial charge in [0.1, 0.15) is 0 Å². The van der Waals surface area contributed by atoms with E-state index >= 15 is 0 Å². The van der Waals surface area contributed by atoms with Gasteiger partial charge in [0.2, 0.25) is 5.91 Å². The molecule has 3 rings (SSSR count). The quantitative estimate of drug-likeness (QED) is 0.853. The van der Waals surface area contributed by atoms with E-state index in [2.05, 4.69) is 35.6 Å². The second-order valence-electron chi connectivity index (χ2n) is 7.29. The summed E-state index contributed by atoms with van der Waals surface area (Å²) < 4.78 is 0. The minimum absolute atomic E-state index is 0.0870. The van der Waals surface area contributed by atoms with E-state index in [1.807, 2.05) is 29.2 Å². The van der Waals surface area contributed by atoms with Crippen LogP contribution in [0.2, 0.25) is 0 Å². The molecule has 142 valence electrons. The molecular formula is C23H28N2O2. The van der Waals surface area contributed by atoms with Crippen LogP contribution in [-0.2, 0) is 17.6 Å². The van der Waals surface area contributed by atoms with Crippen molar-refractivity contribution in [3.8, 4) is 0 Å². The third-order valence-electron chi connectivity index (χ3n) is 5.41. The minimum atomic E-state index is -0.0870. The van der Waals surface area contributed by atoms with E-state index in [1.165, 1.54) is 5.56 Å². The van der Waals surface area contributed by atoms with Crippen LogP contribution in [0.4, 0.5) is 0 Å². The van der Waals surface area contributed by atoms with Crippen LogP contribution >= 0.6 is 0 Å². The van der Waals surface area contributed by atoms with Gasteiger partial charge in [0.15, 0.2) is 0 Å². The Kier molecular flexibility index (Phi) is 6.64. The average Bonchev–Trinajstić information content (AvgIpc) is 2.73. The van der Waals surface area contributed by atoms with Gasteiger partial charge in [-0.25, -0.2) is 0 Å². The summed E-state index contributed by atoms with van der Waals surface area (Å²) in [6.45, 7) is 1.73. The van der Waals surface area contributed by atoms with E-state index in [9.17, 15) is 9.59 Å². The molecule has 2 aromatic rings. The second kappa shape index (κ2) is 9.36. The van der Waals surface area contributed by atoms with Gasteiger partial charge in [-0.15, -0.1) is 0 Å². The smallest absolute Gasteiger partial charge is 0.251 e. The summed E-state index contributed by atoms with van der Waals surface area (Å²) in [5.74, 6) is 0.827. The zero-order chi connectivity index (χ0) is 19.1. The van der Waals surface area contributed by atoms with Crippen molar-refractivity contribution in [2.24, 2.45) is 5.92 Å². The minimum Gasteiger partial charge on any atom is -0.355 e. The van der Waals surface area contributed by atoms with Crippen molar-refractivity contribution in [2.75, 3.05) is 20.1 Å². The summed E-state index contributed by atoms with van der Waals surface area (Å²) in [7, 11) is 1.62. The van der Waals surface area contributed by atoms with E-state index in [0.29, 0.717) is 17.9 Å². The van der Waals surface area contributed by atoms with Crippen molar-refractivity contribution in [1.82, 2.24) is 10.2 Å². The van der Waals surface area contributed by atoms with Crippen LogP contribution in [0.15, 0.2) is 54.6 Å². The molecule has 1 heterocycles. The van der Waals surface area contributed by atoms with E-state index < -0.39 is 0 Å².